The molecule has 0 fully saturated rings. The van der Waals surface area contributed by atoms with Gasteiger partial charge in [-0.25, -0.2) is 0 Å². The molecule has 3 aliphatic carbocycles. The van der Waals surface area contributed by atoms with Gasteiger partial charge < -0.3 is 31.6 Å². The summed E-state index contributed by atoms with van der Waals surface area (Å²) in [6.07, 6.45) is 0.748. The summed E-state index contributed by atoms with van der Waals surface area (Å²) in [5.41, 5.74) is 1.71. The van der Waals surface area contributed by atoms with Crippen LogP contribution in [-0.4, -0.2) is 74.8 Å². The van der Waals surface area contributed by atoms with E-state index < -0.39 is 58.0 Å². The van der Waals surface area contributed by atoms with E-state index >= 15 is 0 Å². The summed E-state index contributed by atoms with van der Waals surface area (Å²) < 4.78 is 0. The summed E-state index contributed by atoms with van der Waals surface area (Å²) in [6, 6.07) is 1.62. The highest BCUT2D eigenvalue weighted by molar-refractivity contribution is 6.26. The van der Waals surface area contributed by atoms with Gasteiger partial charge in [0.1, 0.15) is 29.1 Å². The first kappa shape index (κ1) is 21.7. The van der Waals surface area contributed by atoms with E-state index in [9.17, 15) is 34.8 Å². The van der Waals surface area contributed by atoms with Crippen LogP contribution in [0.25, 0.3) is 0 Å². The van der Waals surface area contributed by atoms with Gasteiger partial charge in [0.05, 0.1) is 17.3 Å². The Hall–Kier alpha value is -3.50. The van der Waals surface area contributed by atoms with Gasteiger partial charge in [0, 0.05) is 17.1 Å². The number of Topliss-reactive ketones (excluding diaryl/α,β-unsaturated/α-hetero) is 1. The largest absolute Gasteiger partial charge is 0.510 e. The Labute approximate surface area is 182 Å². The van der Waals surface area contributed by atoms with Crippen molar-refractivity contribution in [2.75, 3.05) is 14.1 Å². The number of nitrogens with zero attached hydrogens (tertiary/aromatic N) is 1. The number of carbonyl (C=O) groups is 3. The third-order valence-corrected chi connectivity index (χ3v) is 6.83. The highest BCUT2D eigenvalue weighted by atomic mass is 16.3. The molecule has 4 atom stereocenters. The number of carbonyl (C=O) groups excluding carboxylic acids is 3. The Kier molecular flexibility index (Phi) is 4.76. The molecule has 1 aromatic rings. The number of aliphatic hydroxyl groups is 3. The summed E-state index contributed by atoms with van der Waals surface area (Å²) >= 11 is 0. The Morgan fingerprint density at radius 1 is 1.28 bits per heavy atom. The minimum atomic E-state index is -2.46. The minimum Gasteiger partial charge on any atom is -0.510 e. The Bertz CT molecular complexity index is 1170. The molecule has 0 saturated heterocycles. The third kappa shape index (κ3) is 2.59. The van der Waals surface area contributed by atoms with Crippen molar-refractivity contribution in [1.82, 2.24) is 4.90 Å². The first-order chi connectivity index (χ1) is 15.0. The van der Waals surface area contributed by atoms with E-state index in [-0.39, 0.29) is 35.3 Å². The van der Waals surface area contributed by atoms with Crippen molar-refractivity contribution < 1.29 is 34.8 Å². The van der Waals surface area contributed by atoms with Gasteiger partial charge in [0.2, 0.25) is 0 Å². The number of nitrogens with one attached hydrogen (secondary N) is 1. The van der Waals surface area contributed by atoms with Crippen LogP contribution in [0.3, 0.4) is 0 Å². The van der Waals surface area contributed by atoms with E-state index in [0.717, 1.165) is 0 Å². The van der Waals surface area contributed by atoms with Gasteiger partial charge >= 0.3 is 0 Å². The van der Waals surface area contributed by atoms with Crippen LogP contribution in [0, 0.1) is 17.2 Å². The average molecular weight is 441 g/mol. The molecule has 0 aliphatic heterocycles. The van der Waals surface area contributed by atoms with Crippen molar-refractivity contribution in [3.05, 3.63) is 51.5 Å². The number of rotatable bonds is 3. The average Bonchev–Trinajstić information content (AvgIpc) is 2.70. The molecule has 0 bridgehead atoms. The molecular formula is C22H23N3O7. The molecule has 0 saturated carbocycles. The number of allylic oxidation sites excluding steroid dienone is 1. The fourth-order valence-corrected chi connectivity index (χ4v) is 5.44. The predicted octanol–water partition coefficient (Wildman–Crippen LogP) is 0.384. The van der Waals surface area contributed by atoms with Crippen LogP contribution in [0.2, 0.25) is 0 Å². The lowest BCUT2D eigenvalue weighted by atomic mass is 9.58. The number of hydrogen-bond donors (Lipinski definition) is 6. The Morgan fingerprint density at radius 3 is 2.50 bits per heavy atom. The molecule has 10 nitrogen and oxygen atoms in total. The van der Waals surface area contributed by atoms with Crippen LogP contribution >= 0.6 is 0 Å². The van der Waals surface area contributed by atoms with Crippen molar-refractivity contribution in [3.63, 3.8) is 0 Å². The number of nitrogens with two attached hydrogens (primary N) is 1. The fourth-order valence-electron chi connectivity index (χ4n) is 5.44. The van der Waals surface area contributed by atoms with E-state index in [4.69, 9.17) is 11.1 Å². The highest BCUT2D eigenvalue weighted by Gasteiger charge is 2.61. The molecule has 7 N–H and O–H groups in total. The number of aldehydes is 1. The van der Waals surface area contributed by atoms with Gasteiger partial charge in [-0.15, -0.1) is 0 Å². The van der Waals surface area contributed by atoms with Gasteiger partial charge in [0.25, 0.3) is 5.91 Å². The van der Waals surface area contributed by atoms with Gasteiger partial charge in [-0.3, -0.25) is 19.3 Å². The number of fused-ring (bicyclic) bond motifs is 3. The Morgan fingerprint density at radius 2 is 1.94 bits per heavy atom. The van der Waals surface area contributed by atoms with Gasteiger partial charge in [-0.2, -0.15) is 0 Å². The van der Waals surface area contributed by atoms with Gasteiger partial charge in [-0.1, -0.05) is 0 Å². The normalized spacial score (nSPS) is 29.6. The van der Waals surface area contributed by atoms with Crippen LogP contribution < -0.4 is 5.73 Å². The zero-order valence-corrected chi connectivity index (χ0v) is 17.4. The van der Waals surface area contributed by atoms with Crippen molar-refractivity contribution in [3.8, 4) is 5.75 Å². The minimum absolute atomic E-state index is 0.0519. The molecular weight excluding hydrogens is 418 g/mol. The summed E-state index contributed by atoms with van der Waals surface area (Å²) in [6.45, 7) is 0. The third-order valence-electron chi connectivity index (χ3n) is 6.83. The summed E-state index contributed by atoms with van der Waals surface area (Å²) in [5, 5.41) is 52.2. The zero-order chi connectivity index (χ0) is 23.7. The summed E-state index contributed by atoms with van der Waals surface area (Å²) in [7, 11) is 3.18. The van der Waals surface area contributed by atoms with Crippen LogP contribution in [0.5, 0.6) is 5.75 Å². The van der Waals surface area contributed by atoms with Crippen molar-refractivity contribution >= 4 is 23.7 Å². The highest BCUT2D eigenvalue weighted by Crippen LogP contribution is 2.52. The SMILES string of the molecule is CN(C)[C@@H]1C(O)=C(C(N)=O)C(=N)[C@@]2(O)C(O)=C3C(=O)c4c(O)ccc(C=O)c4C[C@H]3C[C@@H]12. The fraction of sp³-hybridized carbons (Fsp3) is 0.364. The lowest BCUT2D eigenvalue weighted by Gasteiger charge is -2.51. The number of aliphatic hydroxyl groups excluding tert-OH is 2. The lowest BCUT2D eigenvalue weighted by molar-refractivity contribution is -0.114. The predicted molar refractivity (Wildman–Crippen MR) is 112 cm³/mol. The molecule has 1 amide bonds. The molecule has 10 heteroatoms. The first-order valence-electron chi connectivity index (χ1n) is 9.96. The monoisotopic (exact) mass is 441 g/mol. The molecule has 4 rings (SSSR count). The first-order valence-corrected chi connectivity index (χ1v) is 9.96. The number of ketones is 1. The quantitative estimate of drug-likeness (QED) is 0.363. The van der Waals surface area contributed by atoms with Gasteiger partial charge in [0.15, 0.2) is 11.4 Å². The summed E-state index contributed by atoms with van der Waals surface area (Å²) in [5.74, 6) is -5.24. The number of likely N-dealkylation sites (N-methyl/N-ethyl adjacent to an activating group) is 1. The van der Waals surface area contributed by atoms with Gasteiger partial charge in [-0.05, 0) is 50.6 Å². The number of benzene rings is 1. The molecule has 0 heterocycles. The molecule has 0 aromatic heterocycles. The van der Waals surface area contributed by atoms with Crippen molar-refractivity contribution in [2.45, 2.75) is 24.5 Å². The molecule has 3 aliphatic rings. The molecule has 32 heavy (non-hydrogen) atoms. The maximum atomic E-state index is 13.3. The van der Waals surface area contributed by atoms with E-state index in [1.54, 1.807) is 14.1 Å². The smallest absolute Gasteiger partial charge is 0.254 e. The maximum Gasteiger partial charge on any atom is 0.254 e. The topological polar surface area (TPSA) is 185 Å². The number of aromatic hydroxyl groups is 1. The maximum absolute atomic E-state index is 13.3. The Balaban J connectivity index is 1.99. The van der Waals surface area contributed by atoms with Crippen LogP contribution in [0.1, 0.15) is 32.7 Å². The standard InChI is InChI=1S/C22H23N3O7/c1-25(2)16-11-6-9-5-10-8(7-26)3-4-12(27)14(10)17(28)13(9)20(30)22(11,32)19(23)15(18(16)29)21(24)31/h3-4,7,9,11,16,23,27,29-30,32H,5-6H2,1-2H3,(H2,24,31)/t9-,11-,16-,22+/m0/s1. The molecule has 0 radical (unpaired) electrons. The summed E-state index contributed by atoms with van der Waals surface area (Å²) in [4.78, 5) is 38.4. The lowest BCUT2D eigenvalue weighted by Crippen LogP contribution is -2.63. The van der Waals surface area contributed by atoms with Crippen molar-refractivity contribution in [1.29, 1.82) is 5.41 Å². The number of primary amides is 1. The van der Waals surface area contributed by atoms with Crippen LogP contribution in [0.15, 0.2) is 34.8 Å². The number of phenolic OH excluding ortho intramolecular Hbond substituents is 1. The number of phenols is 1. The molecule has 168 valence electrons. The number of amides is 1. The van der Waals surface area contributed by atoms with E-state index in [2.05, 4.69) is 0 Å². The second kappa shape index (κ2) is 7.01. The molecule has 0 unspecified atom stereocenters. The second-order valence-electron chi connectivity index (χ2n) is 8.65. The van der Waals surface area contributed by atoms with E-state index in [1.807, 2.05) is 0 Å². The zero-order valence-electron chi connectivity index (χ0n) is 17.4. The molecule has 1 aromatic carbocycles. The molecule has 0 spiro atoms. The second-order valence-corrected chi connectivity index (χ2v) is 8.65. The number of hydrogen-bond acceptors (Lipinski definition) is 9. The van der Waals surface area contributed by atoms with E-state index in [0.29, 0.717) is 11.8 Å². The van der Waals surface area contributed by atoms with Crippen molar-refractivity contribution in [2.24, 2.45) is 17.6 Å². The van der Waals surface area contributed by atoms with Crippen LogP contribution in [-0.2, 0) is 11.2 Å². The van der Waals surface area contributed by atoms with Crippen LogP contribution in [0.4, 0.5) is 0 Å². The van der Waals surface area contributed by atoms with E-state index in [1.165, 1.54) is 17.0 Å².